The summed E-state index contributed by atoms with van der Waals surface area (Å²) in [6, 6.07) is 6.03. The molecule has 3 saturated heterocycles. The minimum absolute atomic E-state index is 0.0234. The van der Waals surface area contributed by atoms with Gasteiger partial charge in [-0.05, 0) is 63.4 Å². The van der Waals surface area contributed by atoms with E-state index in [1.54, 1.807) is 0 Å². The van der Waals surface area contributed by atoms with E-state index < -0.39 is 9.84 Å². The molecule has 0 aromatic heterocycles. The number of piperidine rings is 1. The molecule has 182 valence electrons. The van der Waals surface area contributed by atoms with Gasteiger partial charge in [0.1, 0.15) is 0 Å². The Labute approximate surface area is 197 Å². The topological polar surface area (TPSA) is 90.0 Å². The molecule has 0 saturated carbocycles. The van der Waals surface area contributed by atoms with Crippen molar-refractivity contribution >= 4 is 27.3 Å². The summed E-state index contributed by atoms with van der Waals surface area (Å²) in [6.45, 7) is 8.67. The van der Waals surface area contributed by atoms with Gasteiger partial charge in [0.2, 0.25) is 11.8 Å². The second-order valence-corrected chi connectivity index (χ2v) is 12.0. The first-order valence-corrected chi connectivity index (χ1v) is 13.9. The quantitative estimate of drug-likeness (QED) is 0.689. The van der Waals surface area contributed by atoms with Gasteiger partial charge in [0.05, 0.1) is 18.1 Å². The van der Waals surface area contributed by atoms with Gasteiger partial charge >= 0.3 is 0 Å². The first kappa shape index (κ1) is 24.2. The Kier molecular flexibility index (Phi) is 7.40. The highest BCUT2D eigenvalue weighted by atomic mass is 32.2. The Morgan fingerprint density at radius 3 is 2.33 bits per heavy atom. The van der Waals surface area contributed by atoms with Crippen LogP contribution in [0.25, 0.3) is 0 Å². The molecule has 1 aromatic carbocycles. The fraction of sp³-hybridized carbons (Fsp3) is 0.667. The van der Waals surface area contributed by atoms with Crippen LogP contribution in [-0.4, -0.2) is 98.3 Å². The summed E-state index contributed by atoms with van der Waals surface area (Å²) in [6.07, 6.45) is 2.32. The number of amides is 2. The lowest BCUT2D eigenvalue weighted by Gasteiger charge is -2.39. The molecular formula is C24H36N4O4S. The minimum atomic E-state index is -2.88. The number of nitrogens with zero attached hydrogens (tertiary/aromatic N) is 3. The van der Waals surface area contributed by atoms with E-state index in [-0.39, 0.29) is 29.5 Å². The number of hydrogen-bond donors (Lipinski definition) is 1. The van der Waals surface area contributed by atoms with Crippen LogP contribution in [0.4, 0.5) is 5.69 Å². The van der Waals surface area contributed by atoms with Crippen LogP contribution in [0.3, 0.4) is 0 Å². The molecule has 4 rings (SSSR count). The van der Waals surface area contributed by atoms with E-state index in [4.69, 9.17) is 0 Å². The predicted octanol–water partition coefficient (Wildman–Crippen LogP) is 1.29. The van der Waals surface area contributed by atoms with Crippen LogP contribution in [0.2, 0.25) is 0 Å². The third-order valence-corrected chi connectivity index (χ3v) is 9.28. The molecule has 0 aliphatic carbocycles. The summed E-state index contributed by atoms with van der Waals surface area (Å²) in [5.41, 5.74) is 3.09. The predicted molar refractivity (Wildman–Crippen MR) is 129 cm³/mol. The SMILES string of the molecule is Cc1cccc(NC(=O)CN2CCN(C(=O)C3CCN(C4CCS(=O)(=O)C4)CC3)CC2)c1C. The Hall–Kier alpha value is -1.97. The minimum Gasteiger partial charge on any atom is -0.340 e. The largest absolute Gasteiger partial charge is 0.340 e. The highest BCUT2D eigenvalue weighted by Gasteiger charge is 2.36. The summed E-state index contributed by atoms with van der Waals surface area (Å²) in [5, 5.41) is 3.01. The number of aryl methyl sites for hydroxylation is 1. The van der Waals surface area contributed by atoms with Gasteiger partial charge in [-0.3, -0.25) is 19.4 Å². The molecule has 33 heavy (non-hydrogen) atoms. The molecule has 1 unspecified atom stereocenters. The van der Waals surface area contributed by atoms with Crippen LogP contribution in [0, 0.1) is 19.8 Å². The fourth-order valence-electron chi connectivity index (χ4n) is 5.24. The summed E-state index contributed by atoms with van der Waals surface area (Å²) in [4.78, 5) is 31.9. The third-order valence-electron chi connectivity index (χ3n) is 7.53. The van der Waals surface area contributed by atoms with Gasteiger partial charge in [0, 0.05) is 43.8 Å². The number of sulfone groups is 1. The Morgan fingerprint density at radius 2 is 1.70 bits per heavy atom. The van der Waals surface area contributed by atoms with E-state index >= 15 is 0 Å². The number of hydrogen-bond acceptors (Lipinski definition) is 6. The number of carbonyl (C=O) groups is 2. The van der Waals surface area contributed by atoms with Crippen molar-refractivity contribution in [3.63, 3.8) is 0 Å². The number of anilines is 1. The van der Waals surface area contributed by atoms with Crippen molar-refractivity contribution in [2.24, 2.45) is 5.92 Å². The van der Waals surface area contributed by atoms with Gasteiger partial charge in [-0.1, -0.05) is 12.1 Å². The smallest absolute Gasteiger partial charge is 0.238 e. The van der Waals surface area contributed by atoms with Crippen LogP contribution in [0.1, 0.15) is 30.4 Å². The van der Waals surface area contributed by atoms with Crippen LogP contribution < -0.4 is 5.32 Å². The van der Waals surface area contributed by atoms with E-state index in [9.17, 15) is 18.0 Å². The monoisotopic (exact) mass is 476 g/mol. The number of nitrogens with one attached hydrogen (secondary N) is 1. The lowest BCUT2D eigenvalue weighted by molar-refractivity contribution is -0.139. The molecule has 2 amide bonds. The standard InChI is InChI=1S/C24H36N4O4S/c1-18-4-3-5-22(19(18)2)25-23(29)16-26-11-13-28(14-12-26)24(30)20-6-9-27(10-7-20)21-8-15-33(31,32)17-21/h3-5,20-21H,6-17H2,1-2H3,(H,25,29). The van der Waals surface area contributed by atoms with Gasteiger partial charge in [-0.25, -0.2) is 8.42 Å². The maximum Gasteiger partial charge on any atom is 0.238 e. The fourth-order valence-corrected chi connectivity index (χ4v) is 7.00. The van der Waals surface area contributed by atoms with E-state index in [2.05, 4.69) is 15.1 Å². The summed E-state index contributed by atoms with van der Waals surface area (Å²) in [5.74, 6) is 0.782. The van der Waals surface area contributed by atoms with Crippen molar-refractivity contribution in [3.05, 3.63) is 29.3 Å². The highest BCUT2D eigenvalue weighted by Crippen LogP contribution is 2.26. The highest BCUT2D eigenvalue weighted by molar-refractivity contribution is 7.91. The lowest BCUT2D eigenvalue weighted by Crippen LogP contribution is -2.53. The van der Waals surface area contributed by atoms with Crippen molar-refractivity contribution in [2.75, 3.05) is 62.6 Å². The zero-order valence-corrected chi connectivity index (χ0v) is 20.6. The molecule has 1 aromatic rings. The van der Waals surface area contributed by atoms with Gasteiger partial charge in [-0.2, -0.15) is 0 Å². The molecule has 3 aliphatic rings. The molecule has 8 nitrogen and oxygen atoms in total. The van der Waals surface area contributed by atoms with Gasteiger partial charge < -0.3 is 10.2 Å². The van der Waals surface area contributed by atoms with E-state index in [1.165, 1.54) is 0 Å². The van der Waals surface area contributed by atoms with Crippen LogP contribution in [0.5, 0.6) is 0 Å². The zero-order valence-electron chi connectivity index (χ0n) is 19.8. The Morgan fingerprint density at radius 1 is 1.00 bits per heavy atom. The molecule has 0 bridgehead atoms. The molecular weight excluding hydrogens is 440 g/mol. The second kappa shape index (κ2) is 10.1. The number of benzene rings is 1. The maximum atomic E-state index is 13.0. The normalized spacial score (nSPS) is 24.7. The average Bonchev–Trinajstić information content (AvgIpc) is 3.17. The van der Waals surface area contributed by atoms with Gasteiger partial charge in [0.15, 0.2) is 9.84 Å². The van der Waals surface area contributed by atoms with Gasteiger partial charge in [0.25, 0.3) is 0 Å². The first-order chi connectivity index (χ1) is 15.7. The van der Waals surface area contributed by atoms with Crippen molar-refractivity contribution in [1.29, 1.82) is 0 Å². The van der Waals surface area contributed by atoms with Crippen molar-refractivity contribution in [2.45, 2.75) is 39.2 Å². The maximum absolute atomic E-state index is 13.0. The van der Waals surface area contributed by atoms with Crippen molar-refractivity contribution in [1.82, 2.24) is 14.7 Å². The summed E-state index contributed by atoms with van der Waals surface area (Å²) >= 11 is 0. The molecule has 1 N–H and O–H groups in total. The molecule has 3 heterocycles. The average molecular weight is 477 g/mol. The summed E-state index contributed by atoms with van der Waals surface area (Å²) < 4.78 is 23.5. The molecule has 9 heteroatoms. The molecule has 0 spiro atoms. The number of piperazine rings is 1. The van der Waals surface area contributed by atoms with Crippen molar-refractivity contribution in [3.8, 4) is 0 Å². The zero-order chi connectivity index (χ0) is 23.6. The Bertz CT molecular complexity index is 980. The van der Waals surface area contributed by atoms with Crippen molar-refractivity contribution < 1.29 is 18.0 Å². The first-order valence-electron chi connectivity index (χ1n) is 12.0. The Balaban J connectivity index is 1.19. The molecule has 1 atom stereocenters. The number of rotatable bonds is 5. The molecule has 0 radical (unpaired) electrons. The third kappa shape index (κ3) is 5.94. The number of likely N-dealkylation sites (tertiary alicyclic amines) is 1. The van der Waals surface area contributed by atoms with E-state index in [0.717, 1.165) is 49.2 Å². The molecule has 3 aliphatic heterocycles. The lowest BCUT2D eigenvalue weighted by atomic mass is 9.94. The summed E-state index contributed by atoms with van der Waals surface area (Å²) in [7, 11) is -2.88. The number of carbonyl (C=O) groups excluding carboxylic acids is 2. The molecule has 3 fully saturated rings. The van der Waals surface area contributed by atoms with E-state index in [1.807, 2.05) is 36.9 Å². The van der Waals surface area contributed by atoms with Crippen LogP contribution >= 0.6 is 0 Å². The van der Waals surface area contributed by atoms with Gasteiger partial charge in [-0.15, -0.1) is 0 Å². The van der Waals surface area contributed by atoms with Crippen LogP contribution in [-0.2, 0) is 19.4 Å². The second-order valence-electron chi connectivity index (χ2n) is 9.76. The van der Waals surface area contributed by atoms with E-state index in [0.29, 0.717) is 38.5 Å². The van der Waals surface area contributed by atoms with Crippen LogP contribution in [0.15, 0.2) is 18.2 Å².